The zero-order chi connectivity index (χ0) is 14.7. The fourth-order valence-corrected chi connectivity index (χ4v) is 2.42. The Balaban J connectivity index is 1.90. The van der Waals surface area contributed by atoms with E-state index in [4.69, 9.17) is 11.6 Å². The molecule has 0 spiro atoms. The Morgan fingerprint density at radius 3 is 2.48 bits per heavy atom. The first-order valence-corrected chi connectivity index (χ1v) is 7.15. The molecule has 0 saturated carbocycles. The van der Waals surface area contributed by atoms with Gasteiger partial charge in [0.25, 0.3) is 0 Å². The summed E-state index contributed by atoms with van der Waals surface area (Å²) in [4.78, 5) is 4.45. The van der Waals surface area contributed by atoms with E-state index in [9.17, 15) is 0 Å². The summed E-state index contributed by atoms with van der Waals surface area (Å²) in [5.74, 6) is 0. The van der Waals surface area contributed by atoms with Gasteiger partial charge in [-0.1, -0.05) is 41.9 Å². The average molecular weight is 295 g/mol. The number of aliphatic imine (C=N–C) groups is 1. The molecule has 3 heteroatoms. The minimum atomic E-state index is 0.660. The van der Waals surface area contributed by atoms with E-state index in [0.717, 1.165) is 16.9 Å². The van der Waals surface area contributed by atoms with Crippen molar-refractivity contribution in [3.63, 3.8) is 0 Å². The van der Waals surface area contributed by atoms with Crippen molar-refractivity contribution < 1.29 is 0 Å². The van der Waals surface area contributed by atoms with E-state index in [1.165, 1.54) is 5.69 Å². The van der Waals surface area contributed by atoms with E-state index in [2.05, 4.69) is 40.9 Å². The van der Waals surface area contributed by atoms with Crippen molar-refractivity contribution in [2.24, 2.45) is 4.99 Å². The van der Waals surface area contributed by atoms with Gasteiger partial charge >= 0.3 is 0 Å². The Hall–Kier alpha value is -2.32. The maximum Gasteiger partial charge on any atom is 0.0816 e. The third-order valence-corrected chi connectivity index (χ3v) is 3.59. The van der Waals surface area contributed by atoms with E-state index in [-0.39, 0.29) is 0 Å². The van der Waals surface area contributed by atoms with Gasteiger partial charge in [0.1, 0.15) is 0 Å². The van der Waals surface area contributed by atoms with Gasteiger partial charge in [-0.2, -0.15) is 0 Å². The SMILES string of the molecule is Cc1cc(C=Nc2ccccc2Cl)cn1-c1ccccc1. The third kappa shape index (κ3) is 3.06. The summed E-state index contributed by atoms with van der Waals surface area (Å²) < 4.78 is 2.15. The third-order valence-electron chi connectivity index (χ3n) is 3.27. The fourth-order valence-electron chi connectivity index (χ4n) is 2.24. The molecule has 2 nitrogen and oxygen atoms in total. The molecule has 0 aliphatic carbocycles. The fraction of sp³-hybridized carbons (Fsp3) is 0.0556. The largest absolute Gasteiger partial charge is 0.321 e. The highest BCUT2D eigenvalue weighted by atomic mass is 35.5. The summed E-state index contributed by atoms with van der Waals surface area (Å²) in [6.45, 7) is 2.08. The lowest BCUT2D eigenvalue weighted by Gasteiger charge is -2.04. The number of nitrogens with zero attached hydrogens (tertiary/aromatic N) is 2. The van der Waals surface area contributed by atoms with Crippen molar-refractivity contribution in [3.05, 3.63) is 83.1 Å². The predicted octanol–water partition coefficient (Wildman–Crippen LogP) is 5.19. The molecule has 0 fully saturated rings. The topological polar surface area (TPSA) is 17.3 Å². The number of para-hydroxylation sites is 2. The molecule has 0 aliphatic heterocycles. The molecule has 0 N–H and O–H groups in total. The van der Waals surface area contributed by atoms with Crippen LogP contribution in [0, 0.1) is 6.92 Å². The molecule has 0 radical (unpaired) electrons. The van der Waals surface area contributed by atoms with Gasteiger partial charge in [0, 0.05) is 29.4 Å². The Labute approximate surface area is 129 Å². The number of halogens is 1. The van der Waals surface area contributed by atoms with Crippen molar-refractivity contribution in [3.8, 4) is 5.69 Å². The van der Waals surface area contributed by atoms with Gasteiger partial charge < -0.3 is 4.57 Å². The van der Waals surface area contributed by atoms with Gasteiger partial charge in [0.15, 0.2) is 0 Å². The van der Waals surface area contributed by atoms with Crippen molar-refractivity contribution >= 4 is 23.5 Å². The summed E-state index contributed by atoms with van der Waals surface area (Å²) in [5, 5.41) is 0.660. The Bertz CT molecular complexity index is 773. The van der Waals surface area contributed by atoms with E-state index in [0.29, 0.717) is 5.02 Å². The van der Waals surface area contributed by atoms with Gasteiger partial charge in [-0.3, -0.25) is 4.99 Å². The van der Waals surface area contributed by atoms with Gasteiger partial charge in [-0.15, -0.1) is 0 Å². The van der Waals surface area contributed by atoms with Crippen LogP contribution in [0.5, 0.6) is 0 Å². The van der Waals surface area contributed by atoms with E-state index in [1.807, 2.05) is 48.7 Å². The van der Waals surface area contributed by atoms with Gasteiger partial charge in [0.05, 0.1) is 10.7 Å². The lowest BCUT2D eigenvalue weighted by atomic mass is 10.3. The number of hydrogen-bond acceptors (Lipinski definition) is 1. The standard InChI is InChI=1S/C18H15ClN2/c1-14-11-15(12-20-18-10-6-5-9-17(18)19)13-21(14)16-7-3-2-4-8-16/h2-13H,1H3. The molecule has 0 atom stereocenters. The predicted molar refractivity (Wildman–Crippen MR) is 89.2 cm³/mol. The first-order chi connectivity index (χ1) is 10.2. The molecule has 0 saturated heterocycles. The highest BCUT2D eigenvalue weighted by Crippen LogP contribution is 2.23. The molecule has 1 aromatic heterocycles. The zero-order valence-corrected chi connectivity index (χ0v) is 12.5. The lowest BCUT2D eigenvalue weighted by Crippen LogP contribution is -1.93. The van der Waals surface area contributed by atoms with Crippen LogP contribution in [0.15, 0.2) is 71.9 Å². The van der Waals surface area contributed by atoms with Crippen molar-refractivity contribution in [2.45, 2.75) is 6.92 Å². The molecule has 3 aromatic rings. The zero-order valence-electron chi connectivity index (χ0n) is 11.7. The van der Waals surface area contributed by atoms with E-state index >= 15 is 0 Å². The van der Waals surface area contributed by atoms with Crippen molar-refractivity contribution in [2.75, 3.05) is 0 Å². The second-order valence-electron chi connectivity index (χ2n) is 4.83. The van der Waals surface area contributed by atoms with Crippen molar-refractivity contribution in [1.82, 2.24) is 4.57 Å². The molecule has 0 aliphatic rings. The molecule has 1 heterocycles. The Kier molecular flexibility index (Phi) is 3.89. The number of hydrogen-bond donors (Lipinski definition) is 0. The lowest BCUT2D eigenvalue weighted by molar-refractivity contribution is 1.02. The number of aryl methyl sites for hydroxylation is 1. The number of rotatable bonds is 3. The smallest absolute Gasteiger partial charge is 0.0816 e. The van der Waals surface area contributed by atoms with Crippen molar-refractivity contribution in [1.29, 1.82) is 0 Å². The van der Waals surface area contributed by atoms with Crippen LogP contribution in [0.1, 0.15) is 11.3 Å². The second-order valence-corrected chi connectivity index (χ2v) is 5.24. The first-order valence-electron chi connectivity index (χ1n) is 6.77. The first kappa shape index (κ1) is 13.7. The van der Waals surface area contributed by atoms with Crippen LogP contribution in [-0.2, 0) is 0 Å². The van der Waals surface area contributed by atoms with Crippen LogP contribution in [-0.4, -0.2) is 10.8 Å². The molecule has 104 valence electrons. The van der Waals surface area contributed by atoms with Gasteiger partial charge in [-0.25, -0.2) is 0 Å². The molecule has 0 bridgehead atoms. The Morgan fingerprint density at radius 1 is 1.00 bits per heavy atom. The molecule has 2 aromatic carbocycles. The number of benzene rings is 2. The number of aromatic nitrogens is 1. The van der Waals surface area contributed by atoms with Gasteiger partial charge in [-0.05, 0) is 37.3 Å². The van der Waals surface area contributed by atoms with Crippen LogP contribution >= 0.6 is 11.6 Å². The summed E-state index contributed by atoms with van der Waals surface area (Å²) >= 11 is 6.10. The second kappa shape index (κ2) is 5.98. The minimum Gasteiger partial charge on any atom is -0.321 e. The van der Waals surface area contributed by atoms with E-state index < -0.39 is 0 Å². The maximum atomic E-state index is 6.10. The van der Waals surface area contributed by atoms with Crippen LogP contribution in [0.2, 0.25) is 5.02 Å². The summed E-state index contributed by atoms with van der Waals surface area (Å²) in [7, 11) is 0. The normalized spacial score (nSPS) is 11.1. The minimum absolute atomic E-state index is 0.660. The molecular weight excluding hydrogens is 280 g/mol. The summed E-state index contributed by atoms with van der Waals surface area (Å²) in [6, 6.07) is 19.9. The molecular formula is C18H15ClN2. The average Bonchev–Trinajstić information content (AvgIpc) is 2.88. The van der Waals surface area contributed by atoms with Crippen LogP contribution in [0.25, 0.3) is 5.69 Å². The highest BCUT2D eigenvalue weighted by Gasteiger charge is 2.02. The summed E-state index contributed by atoms with van der Waals surface area (Å²) in [6.07, 6.45) is 3.92. The van der Waals surface area contributed by atoms with Gasteiger partial charge in [0.2, 0.25) is 0 Å². The molecule has 3 rings (SSSR count). The van der Waals surface area contributed by atoms with Crippen LogP contribution < -0.4 is 0 Å². The van der Waals surface area contributed by atoms with E-state index in [1.54, 1.807) is 0 Å². The maximum absolute atomic E-state index is 6.10. The summed E-state index contributed by atoms with van der Waals surface area (Å²) in [5.41, 5.74) is 4.15. The molecule has 0 amide bonds. The molecule has 0 unspecified atom stereocenters. The van der Waals surface area contributed by atoms with Crippen LogP contribution in [0.4, 0.5) is 5.69 Å². The molecule has 21 heavy (non-hydrogen) atoms. The van der Waals surface area contributed by atoms with Crippen LogP contribution in [0.3, 0.4) is 0 Å². The quantitative estimate of drug-likeness (QED) is 0.592. The Morgan fingerprint density at radius 2 is 1.71 bits per heavy atom. The highest BCUT2D eigenvalue weighted by molar-refractivity contribution is 6.33. The monoisotopic (exact) mass is 294 g/mol.